The molecule has 1 saturated heterocycles. The highest BCUT2D eigenvalue weighted by Gasteiger charge is 2.28. The van der Waals surface area contributed by atoms with E-state index in [0.717, 1.165) is 0 Å². The van der Waals surface area contributed by atoms with Gasteiger partial charge in [-0.1, -0.05) is 11.8 Å². The van der Waals surface area contributed by atoms with E-state index in [1.165, 1.54) is 32.5 Å². The minimum absolute atomic E-state index is 0.0335. The first-order valence-electron chi connectivity index (χ1n) is 5.54. The largest absolute Gasteiger partial charge is 0.325 e. The molecule has 1 aliphatic heterocycles. The Morgan fingerprint density at radius 1 is 1.06 bits per heavy atom. The molecule has 1 heterocycles. The molecule has 0 unspecified atom stereocenters. The van der Waals surface area contributed by atoms with Gasteiger partial charge in [0.25, 0.3) is 0 Å². The molecular formula is C11H18N2O3S. The molecule has 1 aliphatic rings. The van der Waals surface area contributed by atoms with Gasteiger partial charge in [0, 0.05) is 45.5 Å². The van der Waals surface area contributed by atoms with Crippen LogP contribution in [0.5, 0.6) is 0 Å². The Morgan fingerprint density at radius 2 is 1.53 bits per heavy atom. The first kappa shape index (κ1) is 14.0. The standard InChI is InChI=1S/C11H18N2O3S/c1-8(14)12-4-11(6-17-10(3)16)5-13(7-12)9(2)15/h11H,4-7H2,1-3H3. The molecule has 0 aromatic rings. The Kier molecular flexibility index (Phi) is 4.99. The number of carbonyl (C=O) groups is 3. The number of amides is 2. The van der Waals surface area contributed by atoms with Crippen LogP contribution in [0, 0.1) is 5.92 Å². The molecule has 0 aliphatic carbocycles. The van der Waals surface area contributed by atoms with Crippen LogP contribution in [0.25, 0.3) is 0 Å². The van der Waals surface area contributed by atoms with Gasteiger partial charge in [-0.2, -0.15) is 0 Å². The highest BCUT2D eigenvalue weighted by Crippen LogP contribution is 2.18. The highest BCUT2D eigenvalue weighted by molar-refractivity contribution is 8.13. The van der Waals surface area contributed by atoms with Crippen molar-refractivity contribution in [1.82, 2.24) is 9.80 Å². The van der Waals surface area contributed by atoms with E-state index in [-0.39, 0.29) is 22.8 Å². The minimum atomic E-state index is -0.0335. The number of thioether (sulfide) groups is 1. The molecule has 17 heavy (non-hydrogen) atoms. The SMILES string of the molecule is CC(=O)SCC1CN(C(C)=O)CN(C(C)=O)C1. The van der Waals surface area contributed by atoms with Gasteiger partial charge in [-0.15, -0.1) is 0 Å². The zero-order valence-electron chi connectivity index (χ0n) is 10.4. The van der Waals surface area contributed by atoms with E-state index in [2.05, 4.69) is 0 Å². The van der Waals surface area contributed by atoms with Crippen LogP contribution in [0.2, 0.25) is 0 Å². The average molecular weight is 258 g/mol. The number of hydrogen-bond donors (Lipinski definition) is 0. The molecular weight excluding hydrogens is 240 g/mol. The summed E-state index contributed by atoms with van der Waals surface area (Å²) in [4.78, 5) is 36.9. The number of nitrogens with zero attached hydrogens (tertiary/aromatic N) is 2. The zero-order valence-corrected chi connectivity index (χ0v) is 11.2. The van der Waals surface area contributed by atoms with Crippen LogP contribution in [0.15, 0.2) is 0 Å². The van der Waals surface area contributed by atoms with E-state index in [1.807, 2.05) is 0 Å². The Balaban J connectivity index is 2.61. The normalized spacial score (nSPS) is 17.1. The van der Waals surface area contributed by atoms with Gasteiger partial charge in [0.1, 0.15) is 0 Å². The van der Waals surface area contributed by atoms with Crippen molar-refractivity contribution in [2.75, 3.05) is 25.5 Å². The first-order valence-corrected chi connectivity index (χ1v) is 6.53. The van der Waals surface area contributed by atoms with Crippen LogP contribution in [-0.2, 0) is 14.4 Å². The Bertz CT molecular complexity index is 311. The second-order valence-electron chi connectivity index (χ2n) is 4.29. The molecule has 0 radical (unpaired) electrons. The van der Waals surface area contributed by atoms with Crippen molar-refractivity contribution < 1.29 is 14.4 Å². The first-order chi connectivity index (χ1) is 7.90. The predicted molar refractivity (Wildman–Crippen MR) is 66.3 cm³/mol. The number of carbonyl (C=O) groups excluding carboxylic acids is 3. The third-order valence-electron chi connectivity index (χ3n) is 2.71. The minimum Gasteiger partial charge on any atom is -0.325 e. The maximum atomic E-state index is 11.4. The summed E-state index contributed by atoms with van der Waals surface area (Å²) < 4.78 is 0. The van der Waals surface area contributed by atoms with Crippen LogP contribution < -0.4 is 0 Å². The Labute approximate surface area is 106 Å². The van der Waals surface area contributed by atoms with Gasteiger partial charge < -0.3 is 9.80 Å². The average Bonchev–Trinajstić information content (AvgIpc) is 2.25. The summed E-state index contributed by atoms with van der Waals surface area (Å²) in [5, 5.41) is 0.0688. The van der Waals surface area contributed by atoms with Crippen LogP contribution in [-0.4, -0.2) is 52.2 Å². The van der Waals surface area contributed by atoms with Crippen molar-refractivity contribution in [3.05, 3.63) is 0 Å². The lowest BCUT2D eigenvalue weighted by atomic mass is 10.1. The summed E-state index contributed by atoms with van der Waals surface area (Å²) in [6.45, 7) is 6.14. The molecule has 0 atom stereocenters. The quantitative estimate of drug-likeness (QED) is 0.726. The van der Waals surface area contributed by atoms with Gasteiger partial charge in [-0.3, -0.25) is 14.4 Å². The Hall–Kier alpha value is -1.04. The fraction of sp³-hybridized carbons (Fsp3) is 0.727. The molecule has 5 nitrogen and oxygen atoms in total. The lowest BCUT2D eigenvalue weighted by Gasteiger charge is -2.39. The molecule has 0 aromatic carbocycles. The van der Waals surface area contributed by atoms with E-state index < -0.39 is 0 Å². The van der Waals surface area contributed by atoms with E-state index in [4.69, 9.17) is 0 Å². The molecule has 1 rings (SSSR count). The fourth-order valence-corrected chi connectivity index (χ4v) is 2.48. The van der Waals surface area contributed by atoms with Crippen LogP contribution in [0.3, 0.4) is 0 Å². The molecule has 96 valence electrons. The molecule has 0 saturated carbocycles. The molecule has 0 aromatic heterocycles. The van der Waals surface area contributed by atoms with Crippen molar-refractivity contribution in [2.24, 2.45) is 5.92 Å². The van der Waals surface area contributed by atoms with Crippen LogP contribution in [0.4, 0.5) is 0 Å². The summed E-state index contributed by atoms with van der Waals surface area (Å²) in [6, 6.07) is 0. The second kappa shape index (κ2) is 6.05. The summed E-state index contributed by atoms with van der Waals surface area (Å²) in [7, 11) is 0. The fourth-order valence-electron chi connectivity index (χ4n) is 1.80. The van der Waals surface area contributed by atoms with Gasteiger partial charge in [-0.05, 0) is 0 Å². The smallest absolute Gasteiger partial charge is 0.220 e. The molecule has 6 heteroatoms. The highest BCUT2D eigenvalue weighted by atomic mass is 32.2. The van der Waals surface area contributed by atoms with E-state index in [1.54, 1.807) is 9.80 Å². The van der Waals surface area contributed by atoms with E-state index in [9.17, 15) is 14.4 Å². The molecule has 1 fully saturated rings. The predicted octanol–water partition coefficient (Wildman–Crippen LogP) is 0.550. The van der Waals surface area contributed by atoms with E-state index in [0.29, 0.717) is 25.5 Å². The van der Waals surface area contributed by atoms with Crippen molar-refractivity contribution in [3.8, 4) is 0 Å². The third-order valence-corrected chi connectivity index (χ3v) is 3.76. The molecule has 0 N–H and O–H groups in total. The van der Waals surface area contributed by atoms with E-state index >= 15 is 0 Å². The second-order valence-corrected chi connectivity index (χ2v) is 5.49. The molecule has 0 spiro atoms. The van der Waals surface area contributed by atoms with Gasteiger partial charge in [0.2, 0.25) is 11.8 Å². The summed E-state index contributed by atoms with van der Waals surface area (Å²) in [5.41, 5.74) is 0. The lowest BCUT2D eigenvalue weighted by Crippen LogP contribution is -2.53. The summed E-state index contributed by atoms with van der Waals surface area (Å²) >= 11 is 1.25. The monoisotopic (exact) mass is 258 g/mol. The number of hydrogen-bond acceptors (Lipinski definition) is 4. The maximum Gasteiger partial charge on any atom is 0.220 e. The molecule has 0 bridgehead atoms. The lowest BCUT2D eigenvalue weighted by molar-refractivity contribution is -0.141. The Morgan fingerprint density at radius 3 is 1.88 bits per heavy atom. The van der Waals surface area contributed by atoms with Gasteiger partial charge >= 0.3 is 0 Å². The van der Waals surface area contributed by atoms with Crippen molar-refractivity contribution >= 4 is 28.7 Å². The molecule has 2 amide bonds. The van der Waals surface area contributed by atoms with Crippen molar-refractivity contribution in [1.29, 1.82) is 0 Å². The summed E-state index contributed by atoms with van der Waals surface area (Å²) in [6.07, 6.45) is 0. The zero-order chi connectivity index (χ0) is 13.0. The van der Waals surface area contributed by atoms with Gasteiger partial charge in [0.15, 0.2) is 5.12 Å². The van der Waals surface area contributed by atoms with Crippen molar-refractivity contribution in [3.63, 3.8) is 0 Å². The third kappa shape index (κ3) is 4.38. The topological polar surface area (TPSA) is 57.7 Å². The number of rotatable bonds is 2. The van der Waals surface area contributed by atoms with Crippen LogP contribution >= 0.6 is 11.8 Å². The van der Waals surface area contributed by atoms with Crippen LogP contribution in [0.1, 0.15) is 20.8 Å². The summed E-state index contributed by atoms with van der Waals surface area (Å²) in [5.74, 6) is 0.760. The maximum absolute atomic E-state index is 11.4. The van der Waals surface area contributed by atoms with Gasteiger partial charge in [0.05, 0.1) is 6.67 Å². The van der Waals surface area contributed by atoms with Gasteiger partial charge in [-0.25, -0.2) is 0 Å². The van der Waals surface area contributed by atoms with Crippen molar-refractivity contribution in [2.45, 2.75) is 20.8 Å².